The van der Waals surface area contributed by atoms with E-state index >= 15 is 0 Å². The van der Waals surface area contributed by atoms with E-state index in [-0.39, 0.29) is 4.90 Å². The molecule has 0 aromatic heterocycles. The van der Waals surface area contributed by atoms with Gasteiger partial charge >= 0.3 is 0 Å². The summed E-state index contributed by atoms with van der Waals surface area (Å²) < 4.78 is 25.9. The number of hydrogen-bond donors (Lipinski definition) is 3. The molecule has 1 saturated carbocycles. The summed E-state index contributed by atoms with van der Waals surface area (Å²) in [6.45, 7) is 0.527. The minimum atomic E-state index is -3.41. The van der Waals surface area contributed by atoms with Crippen molar-refractivity contribution in [3.8, 4) is 0 Å². The van der Waals surface area contributed by atoms with Gasteiger partial charge in [-0.1, -0.05) is 25.0 Å². The van der Waals surface area contributed by atoms with Gasteiger partial charge in [0, 0.05) is 19.6 Å². The zero-order valence-corrected chi connectivity index (χ0v) is 13.9. The first-order valence-electron chi connectivity index (χ1n) is 7.55. The molecule has 0 spiro atoms. The molecule has 6 nitrogen and oxygen atoms in total. The van der Waals surface area contributed by atoms with E-state index in [0.717, 1.165) is 11.5 Å². The van der Waals surface area contributed by atoms with Crippen LogP contribution in [0.4, 0.5) is 0 Å². The van der Waals surface area contributed by atoms with Crippen molar-refractivity contribution in [2.24, 2.45) is 4.99 Å². The Hall–Kier alpha value is -1.60. The van der Waals surface area contributed by atoms with Gasteiger partial charge in [-0.25, -0.2) is 13.1 Å². The lowest BCUT2D eigenvalue weighted by Crippen LogP contribution is -2.41. The Morgan fingerprint density at radius 1 is 1.32 bits per heavy atom. The van der Waals surface area contributed by atoms with Gasteiger partial charge in [-0.3, -0.25) is 4.99 Å². The summed E-state index contributed by atoms with van der Waals surface area (Å²) in [6.07, 6.45) is 4.88. The topological polar surface area (TPSA) is 82.6 Å². The highest BCUT2D eigenvalue weighted by Gasteiger charge is 2.16. The number of benzene rings is 1. The molecule has 7 heteroatoms. The van der Waals surface area contributed by atoms with E-state index < -0.39 is 10.0 Å². The molecule has 3 N–H and O–H groups in total. The van der Waals surface area contributed by atoms with E-state index in [0.29, 0.717) is 12.6 Å². The Morgan fingerprint density at radius 3 is 2.68 bits per heavy atom. The first kappa shape index (κ1) is 16.8. The van der Waals surface area contributed by atoms with Crippen LogP contribution in [0.25, 0.3) is 0 Å². The second-order valence-electron chi connectivity index (χ2n) is 5.41. The Morgan fingerprint density at radius 2 is 2.05 bits per heavy atom. The first-order valence-corrected chi connectivity index (χ1v) is 9.03. The number of nitrogens with one attached hydrogen (secondary N) is 3. The lowest BCUT2D eigenvalue weighted by atomic mass is 10.2. The standard InChI is InChI=1S/C15H24N4O2S/c1-16-15(19-13-7-3-4-8-13)18-11-12-6-5-9-14(10-12)22(20,21)17-2/h5-6,9-10,13,17H,3-4,7-8,11H2,1-2H3,(H2,16,18,19). The quantitative estimate of drug-likeness (QED) is 0.561. The molecule has 1 aliphatic rings. The van der Waals surface area contributed by atoms with Gasteiger partial charge in [0.1, 0.15) is 0 Å². The molecule has 1 aliphatic carbocycles. The maximum atomic E-state index is 11.8. The van der Waals surface area contributed by atoms with Gasteiger partial charge in [0.05, 0.1) is 4.90 Å². The van der Waals surface area contributed by atoms with Crippen LogP contribution in [-0.2, 0) is 16.6 Å². The van der Waals surface area contributed by atoms with Crippen molar-refractivity contribution >= 4 is 16.0 Å². The van der Waals surface area contributed by atoms with Crippen LogP contribution in [0.1, 0.15) is 31.2 Å². The average molecular weight is 324 g/mol. The van der Waals surface area contributed by atoms with Crippen LogP contribution in [0, 0.1) is 0 Å². The molecule has 0 aliphatic heterocycles. The van der Waals surface area contributed by atoms with Crippen LogP contribution < -0.4 is 15.4 Å². The fraction of sp³-hybridized carbons (Fsp3) is 0.533. The van der Waals surface area contributed by atoms with E-state index in [1.807, 2.05) is 6.07 Å². The Bertz CT molecular complexity index is 622. The minimum absolute atomic E-state index is 0.271. The van der Waals surface area contributed by atoms with Crippen LogP contribution in [0.5, 0.6) is 0 Å². The number of aliphatic imine (C=N–C) groups is 1. The highest BCUT2D eigenvalue weighted by Crippen LogP contribution is 2.17. The highest BCUT2D eigenvalue weighted by atomic mass is 32.2. The largest absolute Gasteiger partial charge is 0.354 e. The van der Waals surface area contributed by atoms with Crippen molar-refractivity contribution in [2.45, 2.75) is 43.2 Å². The summed E-state index contributed by atoms with van der Waals surface area (Å²) in [5, 5.41) is 6.63. The zero-order chi connectivity index (χ0) is 16.0. The van der Waals surface area contributed by atoms with Gasteiger partial charge < -0.3 is 10.6 Å². The first-order chi connectivity index (χ1) is 10.5. The molecule has 0 saturated heterocycles. The van der Waals surface area contributed by atoms with Crippen LogP contribution >= 0.6 is 0 Å². The molecular weight excluding hydrogens is 300 g/mol. The molecule has 22 heavy (non-hydrogen) atoms. The third kappa shape index (κ3) is 4.45. The average Bonchev–Trinajstić information content (AvgIpc) is 3.04. The summed E-state index contributed by atoms with van der Waals surface area (Å²) in [5.74, 6) is 0.758. The molecule has 1 fully saturated rings. The van der Waals surface area contributed by atoms with Gasteiger partial charge in [0.25, 0.3) is 0 Å². The molecule has 122 valence electrons. The molecule has 0 unspecified atom stereocenters. The second kappa shape index (κ2) is 7.60. The third-order valence-corrected chi connectivity index (χ3v) is 5.27. The van der Waals surface area contributed by atoms with Crippen LogP contribution in [0.15, 0.2) is 34.2 Å². The maximum Gasteiger partial charge on any atom is 0.240 e. The fourth-order valence-corrected chi connectivity index (χ4v) is 3.38. The molecular formula is C15H24N4O2S. The number of guanidine groups is 1. The van der Waals surface area contributed by atoms with Crippen LogP contribution in [-0.4, -0.2) is 34.5 Å². The van der Waals surface area contributed by atoms with Gasteiger partial charge in [0.15, 0.2) is 5.96 Å². The molecule has 1 aromatic rings. The van der Waals surface area contributed by atoms with Crippen LogP contribution in [0.2, 0.25) is 0 Å². The van der Waals surface area contributed by atoms with E-state index in [9.17, 15) is 8.42 Å². The van der Waals surface area contributed by atoms with Crippen molar-refractivity contribution in [1.82, 2.24) is 15.4 Å². The normalized spacial score (nSPS) is 16.7. The maximum absolute atomic E-state index is 11.8. The molecule has 2 rings (SSSR count). The van der Waals surface area contributed by atoms with E-state index in [1.165, 1.54) is 32.7 Å². The fourth-order valence-electron chi connectivity index (χ4n) is 2.58. The number of rotatable bonds is 5. The van der Waals surface area contributed by atoms with Crippen molar-refractivity contribution in [3.63, 3.8) is 0 Å². The highest BCUT2D eigenvalue weighted by molar-refractivity contribution is 7.89. The van der Waals surface area contributed by atoms with Gasteiger partial charge in [-0.2, -0.15) is 0 Å². The van der Waals surface area contributed by atoms with Crippen LogP contribution in [0.3, 0.4) is 0 Å². The summed E-state index contributed by atoms with van der Waals surface area (Å²) in [4.78, 5) is 4.49. The predicted molar refractivity (Wildman–Crippen MR) is 88.3 cm³/mol. The number of nitrogens with zero attached hydrogens (tertiary/aromatic N) is 1. The lowest BCUT2D eigenvalue weighted by Gasteiger charge is -2.17. The second-order valence-corrected chi connectivity index (χ2v) is 7.29. The summed E-state index contributed by atoms with van der Waals surface area (Å²) in [6, 6.07) is 7.38. The zero-order valence-electron chi connectivity index (χ0n) is 13.1. The van der Waals surface area contributed by atoms with Crippen molar-refractivity contribution in [1.29, 1.82) is 0 Å². The molecule has 1 aromatic carbocycles. The molecule has 0 radical (unpaired) electrons. The minimum Gasteiger partial charge on any atom is -0.354 e. The Labute approximate surface area is 132 Å². The number of hydrogen-bond acceptors (Lipinski definition) is 3. The predicted octanol–water partition coefficient (Wildman–Crippen LogP) is 1.20. The summed E-state index contributed by atoms with van der Waals surface area (Å²) >= 11 is 0. The smallest absolute Gasteiger partial charge is 0.240 e. The van der Waals surface area contributed by atoms with Crippen molar-refractivity contribution < 1.29 is 8.42 Å². The Kier molecular flexibility index (Phi) is 5.79. The summed E-state index contributed by atoms with van der Waals surface area (Å²) in [5.41, 5.74) is 0.894. The van der Waals surface area contributed by atoms with E-state index in [4.69, 9.17) is 0 Å². The summed E-state index contributed by atoms with van der Waals surface area (Å²) in [7, 11) is -0.255. The van der Waals surface area contributed by atoms with Crippen molar-refractivity contribution in [3.05, 3.63) is 29.8 Å². The third-order valence-electron chi connectivity index (χ3n) is 3.86. The SMILES string of the molecule is CN=C(NCc1cccc(S(=O)(=O)NC)c1)NC1CCCC1. The van der Waals surface area contributed by atoms with Crippen molar-refractivity contribution in [2.75, 3.05) is 14.1 Å². The number of sulfonamides is 1. The van der Waals surface area contributed by atoms with Gasteiger partial charge in [-0.15, -0.1) is 0 Å². The molecule has 0 atom stereocenters. The van der Waals surface area contributed by atoms with E-state index in [1.54, 1.807) is 25.2 Å². The van der Waals surface area contributed by atoms with Gasteiger partial charge in [-0.05, 0) is 37.6 Å². The Balaban J connectivity index is 1.97. The molecule has 0 bridgehead atoms. The van der Waals surface area contributed by atoms with Gasteiger partial charge in [0.2, 0.25) is 10.0 Å². The monoisotopic (exact) mass is 324 g/mol. The van der Waals surface area contributed by atoms with E-state index in [2.05, 4.69) is 20.3 Å². The lowest BCUT2D eigenvalue weighted by molar-refractivity contribution is 0.588. The molecule has 0 amide bonds. The molecule has 0 heterocycles.